The van der Waals surface area contributed by atoms with E-state index >= 15 is 0 Å². The minimum Gasteiger partial charge on any atom is -0.399 e. The van der Waals surface area contributed by atoms with Crippen molar-refractivity contribution in [2.75, 3.05) is 5.73 Å². The third-order valence-electron chi connectivity index (χ3n) is 2.84. The number of allylic oxidation sites excluding steroid dienone is 1. The molecule has 0 aromatic heterocycles. The van der Waals surface area contributed by atoms with E-state index in [0.717, 1.165) is 0 Å². The number of carbonyl (C=O) groups excluding carboxylic acids is 1. The Morgan fingerprint density at radius 3 is 2.53 bits per heavy atom. The van der Waals surface area contributed by atoms with Gasteiger partial charge < -0.3 is 11.1 Å². The topological polar surface area (TPSA) is 101 Å². The fourth-order valence-electron chi connectivity index (χ4n) is 1.79. The molecule has 1 aromatic carbocycles. The molecule has 1 aliphatic heterocycles. The maximum Gasteiger partial charge on any atom is 0.242 e. The molecule has 0 aliphatic carbocycles. The van der Waals surface area contributed by atoms with E-state index in [1.54, 1.807) is 0 Å². The second-order valence-corrected chi connectivity index (χ2v) is 6.09. The summed E-state index contributed by atoms with van der Waals surface area (Å²) in [7, 11) is -3.72. The molecule has 1 saturated heterocycles. The first-order chi connectivity index (χ1) is 8.88. The average Bonchev–Trinajstić information content (AvgIpc) is 2.33. The SMILES string of the molecule is C=C1CCC(NS(=O)(=O)c2ccc(N)cc2)C(=O)N1. The molecule has 1 unspecified atom stereocenters. The highest BCUT2D eigenvalue weighted by atomic mass is 32.2. The predicted molar refractivity (Wildman–Crippen MR) is 71.5 cm³/mol. The van der Waals surface area contributed by atoms with Crippen LogP contribution in [0.1, 0.15) is 12.8 Å². The van der Waals surface area contributed by atoms with Gasteiger partial charge in [-0.25, -0.2) is 8.42 Å². The molecule has 1 atom stereocenters. The van der Waals surface area contributed by atoms with E-state index in [4.69, 9.17) is 5.73 Å². The van der Waals surface area contributed by atoms with Crippen LogP contribution in [0.3, 0.4) is 0 Å². The molecule has 102 valence electrons. The van der Waals surface area contributed by atoms with Gasteiger partial charge in [0.05, 0.1) is 4.90 Å². The van der Waals surface area contributed by atoms with Gasteiger partial charge in [-0.05, 0) is 37.1 Å². The van der Waals surface area contributed by atoms with Gasteiger partial charge in [-0.15, -0.1) is 0 Å². The van der Waals surface area contributed by atoms with Gasteiger partial charge in [0.1, 0.15) is 6.04 Å². The molecule has 7 heteroatoms. The van der Waals surface area contributed by atoms with Crippen molar-refractivity contribution in [1.82, 2.24) is 10.0 Å². The Labute approximate surface area is 111 Å². The molecule has 6 nitrogen and oxygen atoms in total. The summed E-state index contributed by atoms with van der Waals surface area (Å²) in [5, 5.41) is 2.53. The first-order valence-corrected chi connectivity index (χ1v) is 7.23. The second kappa shape index (κ2) is 5.02. The Balaban J connectivity index is 2.15. The summed E-state index contributed by atoms with van der Waals surface area (Å²) in [4.78, 5) is 11.7. The number of rotatable bonds is 3. The van der Waals surface area contributed by atoms with Gasteiger partial charge in [-0.3, -0.25) is 4.79 Å². The number of nitrogens with two attached hydrogens (primary N) is 1. The third kappa shape index (κ3) is 3.12. The maximum atomic E-state index is 12.1. The number of anilines is 1. The number of piperidine rings is 1. The van der Waals surface area contributed by atoms with E-state index in [1.807, 2.05) is 0 Å². The van der Waals surface area contributed by atoms with Crippen molar-refractivity contribution in [2.24, 2.45) is 0 Å². The molecule has 1 amide bonds. The largest absolute Gasteiger partial charge is 0.399 e. The zero-order chi connectivity index (χ0) is 14.0. The summed E-state index contributed by atoms with van der Waals surface area (Å²) in [5.74, 6) is -0.379. The van der Waals surface area contributed by atoms with Crippen molar-refractivity contribution in [3.8, 4) is 0 Å². The highest BCUT2D eigenvalue weighted by Gasteiger charge is 2.28. The van der Waals surface area contributed by atoms with Gasteiger partial charge in [0, 0.05) is 11.4 Å². The van der Waals surface area contributed by atoms with Crippen molar-refractivity contribution in [3.63, 3.8) is 0 Å². The lowest BCUT2D eigenvalue weighted by molar-refractivity contribution is -0.123. The fourth-order valence-corrected chi connectivity index (χ4v) is 3.02. The van der Waals surface area contributed by atoms with Crippen LogP contribution in [0, 0.1) is 0 Å². The summed E-state index contributed by atoms with van der Waals surface area (Å²) in [6.07, 6.45) is 0.958. The van der Waals surface area contributed by atoms with E-state index in [-0.39, 0.29) is 10.8 Å². The van der Waals surface area contributed by atoms with Crippen LogP contribution in [0.2, 0.25) is 0 Å². The molecular formula is C12H15N3O3S. The lowest BCUT2D eigenvalue weighted by Gasteiger charge is -2.24. The minimum absolute atomic E-state index is 0.0823. The van der Waals surface area contributed by atoms with Crippen LogP contribution in [-0.4, -0.2) is 20.4 Å². The maximum absolute atomic E-state index is 12.1. The summed E-state index contributed by atoms with van der Waals surface area (Å²) < 4.78 is 26.5. The zero-order valence-corrected chi connectivity index (χ0v) is 11.0. The summed E-state index contributed by atoms with van der Waals surface area (Å²) in [6, 6.07) is 5.02. The number of benzene rings is 1. The number of nitrogens with one attached hydrogen (secondary N) is 2. The summed E-state index contributed by atoms with van der Waals surface area (Å²) >= 11 is 0. The van der Waals surface area contributed by atoms with Gasteiger partial charge >= 0.3 is 0 Å². The van der Waals surface area contributed by atoms with Gasteiger partial charge in [0.15, 0.2) is 0 Å². The Morgan fingerprint density at radius 2 is 1.95 bits per heavy atom. The Hall–Kier alpha value is -1.86. The quantitative estimate of drug-likeness (QED) is 0.695. The predicted octanol–water partition coefficient (Wildman–Crippen LogP) is 0.339. The van der Waals surface area contributed by atoms with Crippen LogP contribution in [-0.2, 0) is 14.8 Å². The molecule has 0 saturated carbocycles. The highest BCUT2D eigenvalue weighted by Crippen LogP contribution is 2.16. The van der Waals surface area contributed by atoms with Crippen LogP contribution >= 0.6 is 0 Å². The number of hydrogen-bond donors (Lipinski definition) is 3. The van der Waals surface area contributed by atoms with Crippen molar-refractivity contribution < 1.29 is 13.2 Å². The first-order valence-electron chi connectivity index (χ1n) is 5.75. The number of amides is 1. The number of carbonyl (C=O) groups is 1. The van der Waals surface area contributed by atoms with E-state index in [9.17, 15) is 13.2 Å². The number of sulfonamides is 1. The van der Waals surface area contributed by atoms with Crippen LogP contribution in [0.5, 0.6) is 0 Å². The molecule has 1 aromatic rings. The fraction of sp³-hybridized carbons (Fsp3) is 0.250. The molecule has 1 aliphatic rings. The van der Waals surface area contributed by atoms with Crippen molar-refractivity contribution >= 4 is 21.6 Å². The van der Waals surface area contributed by atoms with Crippen LogP contribution < -0.4 is 15.8 Å². The van der Waals surface area contributed by atoms with Crippen LogP contribution in [0.25, 0.3) is 0 Å². The van der Waals surface area contributed by atoms with Gasteiger partial charge in [-0.2, -0.15) is 4.72 Å². The average molecular weight is 281 g/mol. The first kappa shape index (κ1) is 13.6. The molecule has 0 bridgehead atoms. The lowest BCUT2D eigenvalue weighted by atomic mass is 10.1. The van der Waals surface area contributed by atoms with Gasteiger partial charge in [-0.1, -0.05) is 6.58 Å². The molecule has 1 heterocycles. The van der Waals surface area contributed by atoms with Crippen LogP contribution in [0.15, 0.2) is 41.4 Å². The van der Waals surface area contributed by atoms with Crippen LogP contribution in [0.4, 0.5) is 5.69 Å². The Kier molecular flexibility index (Phi) is 3.59. The normalized spacial score (nSPS) is 20.1. The van der Waals surface area contributed by atoms with Gasteiger partial charge in [0.25, 0.3) is 0 Å². The molecule has 19 heavy (non-hydrogen) atoms. The molecule has 2 rings (SSSR count). The number of nitrogen functional groups attached to an aromatic ring is 1. The highest BCUT2D eigenvalue weighted by molar-refractivity contribution is 7.89. The molecular weight excluding hydrogens is 266 g/mol. The van der Waals surface area contributed by atoms with Crippen molar-refractivity contribution in [2.45, 2.75) is 23.8 Å². The summed E-state index contributed by atoms with van der Waals surface area (Å²) in [5.41, 5.74) is 6.58. The second-order valence-electron chi connectivity index (χ2n) is 4.37. The minimum atomic E-state index is -3.72. The van der Waals surface area contributed by atoms with E-state index < -0.39 is 16.1 Å². The zero-order valence-electron chi connectivity index (χ0n) is 10.2. The standard InChI is InChI=1S/C12H15N3O3S/c1-8-2-7-11(12(16)14-8)15-19(17,18)10-5-3-9(13)4-6-10/h3-6,11,15H,1-2,7,13H2,(H,14,16). The Bertz CT molecular complexity index is 608. The summed E-state index contributed by atoms with van der Waals surface area (Å²) in [6.45, 7) is 3.64. The number of hydrogen-bond acceptors (Lipinski definition) is 4. The smallest absolute Gasteiger partial charge is 0.242 e. The van der Waals surface area contributed by atoms with Crippen molar-refractivity contribution in [3.05, 3.63) is 36.5 Å². The van der Waals surface area contributed by atoms with E-state index in [1.165, 1.54) is 24.3 Å². The van der Waals surface area contributed by atoms with E-state index in [2.05, 4.69) is 16.6 Å². The lowest BCUT2D eigenvalue weighted by Crippen LogP contribution is -2.49. The van der Waals surface area contributed by atoms with Gasteiger partial charge in [0.2, 0.25) is 15.9 Å². The molecule has 4 N–H and O–H groups in total. The van der Waals surface area contributed by atoms with Crippen molar-refractivity contribution in [1.29, 1.82) is 0 Å². The van der Waals surface area contributed by atoms with E-state index in [0.29, 0.717) is 24.2 Å². The Morgan fingerprint density at radius 1 is 1.32 bits per heavy atom. The third-order valence-corrected chi connectivity index (χ3v) is 4.33. The monoisotopic (exact) mass is 281 g/mol. The molecule has 1 fully saturated rings. The molecule has 0 spiro atoms. The molecule has 0 radical (unpaired) electrons.